The van der Waals surface area contributed by atoms with Crippen molar-refractivity contribution in [3.8, 4) is 0 Å². The summed E-state index contributed by atoms with van der Waals surface area (Å²) in [6.07, 6.45) is -4.79. The first kappa shape index (κ1) is 20.9. The zero-order valence-electron chi connectivity index (χ0n) is 15.1. The lowest BCUT2D eigenvalue weighted by molar-refractivity contribution is -0.145. The van der Waals surface area contributed by atoms with Crippen LogP contribution in [-0.4, -0.2) is 33.4 Å². The number of alkyl halides is 3. The van der Waals surface area contributed by atoms with Gasteiger partial charge in [-0.25, -0.2) is 18.7 Å². The number of hydrogen-bond donors (Lipinski definition) is 2. The predicted molar refractivity (Wildman–Crippen MR) is 93.2 cm³/mol. The maximum Gasteiger partial charge on any atom is 0.451 e. The second-order valence-corrected chi connectivity index (χ2v) is 6.82. The molecular weight excluding hydrogens is 397 g/mol. The Morgan fingerprint density at radius 2 is 1.97 bits per heavy atom. The average molecular weight is 415 g/mol. The molecule has 2 aromatic rings. The standard InChI is InChI=1S/C18H18F5N5O/c19-10-1-2-13(20)9(5-10)6-11(24)7-15(29)28-4-3-12-14(8-28)26-17(18(21,22)23)27-16(12)25/h1-2,5,11H,3-4,6-8,24H2,(H2,25,26,27). The highest BCUT2D eigenvalue weighted by molar-refractivity contribution is 5.77. The van der Waals surface area contributed by atoms with E-state index in [0.717, 1.165) is 18.2 Å². The molecule has 29 heavy (non-hydrogen) atoms. The molecule has 1 aliphatic rings. The van der Waals surface area contributed by atoms with Crippen molar-refractivity contribution in [3.63, 3.8) is 0 Å². The van der Waals surface area contributed by atoms with Crippen LogP contribution in [0.5, 0.6) is 0 Å². The number of carbonyl (C=O) groups is 1. The zero-order chi connectivity index (χ0) is 21.3. The maximum atomic E-state index is 13.7. The lowest BCUT2D eigenvalue weighted by atomic mass is 10.0. The second-order valence-electron chi connectivity index (χ2n) is 6.82. The highest BCUT2D eigenvalue weighted by Gasteiger charge is 2.37. The van der Waals surface area contributed by atoms with Crippen LogP contribution in [0.3, 0.4) is 0 Å². The van der Waals surface area contributed by atoms with Crippen molar-refractivity contribution in [2.75, 3.05) is 12.3 Å². The molecule has 156 valence electrons. The third-order valence-electron chi connectivity index (χ3n) is 4.63. The van der Waals surface area contributed by atoms with Gasteiger partial charge in [0.25, 0.3) is 0 Å². The van der Waals surface area contributed by atoms with Gasteiger partial charge in [0.1, 0.15) is 17.5 Å². The van der Waals surface area contributed by atoms with Gasteiger partial charge in [0.2, 0.25) is 11.7 Å². The Balaban J connectivity index is 1.69. The first-order valence-corrected chi connectivity index (χ1v) is 8.74. The number of halogens is 5. The quantitative estimate of drug-likeness (QED) is 0.747. The fourth-order valence-electron chi connectivity index (χ4n) is 3.21. The van der Waals surface area contributed by atoms with Gasteiger partial charge in [0.05, 0.1) is 12.2 Å². The summed E-state index contributed by atoms with van der Waals surface area (Å²) in [5.41, 5.74) is 12.0. The van der Waals surface area contributed by atoms with E-state index in [0.29, 0.717) is 5.56 Å². The van der Waals surface area contributed by atoms with E-state index in [2.05, 4.69) is 9.97 Å². The van der Waals surface area contributed by atoms with Crippen molar-refractivity contribution in [1.29, 1.82) is 0 Å². The molecule has 1 unspecified atom stereocenters. The first-order valence-electron chi connectivity index (χ1n) is 8.74. The number of nitrogens with two attached hydrogens (primary N) is 2. The van der Waals surface area contributed by atoms with Crippen LogP contribution in [0.4, 0.5) is 27.8 Å². The molecule has 1 atom stereocenters. The number of nitrogen functional groups attached to an aromatic ring is 1. The lowest BCUT2D eigenvalue weighted by Crippen LogP contribution is -2.40. The topological polar surface area (TPSA) is 98.1 Å². The highest BCUT2D eigenvalue weighted by Crippen LogP contribution is 2.30. The molecule has 1 amide bonds. The number of aromatic nitrogens is 2. The van der Waals surface area contributed by atoms with Crippen LogP contribution in [0.2, 0.25) is 0 Å². The second kappa shape index (κ2) is 7.90. The van der Waals surface area contributed by atoms with Gasteiger partial charge < -0.3 is 16.4 Å². The molecule has 0 radical (unpaired) electrons. The molecule has 1 aliphatic heterocycles. The van der Waals surface area contributed by atoms with Crippen molar-refractivity contribution in [2.24, 2.45) is 5.73 Å². The molecular formula is C18H18F5N5O. The lowest BCUT2D eigenvalue weighted by Gasteiger charge is -2.30. The van der Waals surface area contributed by atoms with Crippen LogP contribution in [0.1, 0.15) is 29.1 Å². The molecule has 6 nitrogen and oxygen atoms in total. The van der Waals surface area contributed by atoms with Gasteiger partial charge in [0.15, 0.2) is 0 Å². The van der Waals surface area contributed by atoms with Crippen molar-refractivity contribution >= 4 is 11.7 Å². The van der Waals surface area contributed by atoms with E-state index >= 15 is 0 Å². The summed E-state index contributed by atoms with van der Waals surface area (Å²) in [5.74, 6) is -3.29. The minimum Gasteiger partial charge on any atom is -0.383 e. The monoisotopic (exact) mass is 415 g/mol. The van der Waals surface area contributed by atoms with Gasteiger partial charge in [-0.05, 0) is 36.6 Å². The van der Waals surface area contributed by atoms with E-state index in [4.69, 9.17) is 11.5 Å². The molecule has 2 heterocycles. The van der Waals surface area contributed by atoms with Crippen LogP contribution in [0, 0.1) is 11.6 Å². The third-order valence-corrected chi connectivity index (χ3v) is 4.63. The van der Waals surface area contributed by atoms with Gasteiger partial charge >= 0.3 is 6.18 Å². The summed E-state index contributed by atoms with van der Waals surface area (Å²) >= 11 is 0. The largest absolute Gasteiger partial charge is 0.451 e. The molecule has 0 aliphatic carbocycles. The average Bonchev–Trinajstić information content (AvgIpc) is 2.63. The van der Waals surface area contributed by atoms with Crippen molar-refractivity contribution in [2.45, 2.75) is 38.0 Å². The number of nitrogens with zero attached hydrogens (tertiary/aromatic N) is 3. The number of fused-ring (bicyclic) bond motifs is 1. The predicted octanol–water partition coefficient (Wildman–Crippen LogP) is 2.20. The van der Waals surface area contributed by atoms with Crippen LogP contribution in [-0.2, 0) is 30.4 Å². The summed E-state index contributed by atoms with van der Waals surface area (Å²) in [7, 11) is 0. The Bertz CT molecular complexity index is 934. The summed E-state index contributed by atoms with van der Waals surface area (Å²) in [6.45, 7) is 0.0524. The van der Waals surface area contributed by atoms with Crippen LogP contribution in [0.15, 0.2) is 18.2 Å². The molecule has 1 aromatic carbocycles. The molecule has 11 heteroatoms. The van der Waals surface area contributed by atoms with E-state index < -0.39 is 35.6 Å². The molecule has 1 aromatic heterocycles. The summed E-state index contributed by atoms with van der Waals surface area (Å²) in [6, 6.07) is 2.17. The van der Waals surface area contributed by atoms with Crippen molar-refractivity contribution in [3.05, 3.63) is 52.5 Å². The Morgan fingerprint density at radius 1 is 1.24 bits per heavy atom. The molecule has 0 fully saturated rings. The minimum atomic E-state index is -4.76. The minimum absolute atomic E-state index is 0.0363. The smallest absolute Gasteiger partial charge is 0.383 e. The van der Waals surface area contributed by atoms with Gasteiger partial charge in [-0.1, -0.05) is 0 Å². The fraction of sp³-hybridized carbons (Fsp3) is 0.389. The van der Waals surface area contributed by atoms with Crippen LogP contribution >= 0.6 is 0 Å². The number of anilines is 1. The molecule has 0 saturated carbocycles. The zero-order valence-corrected chi connectivity index (χ0v) is 15.1. The van der Waals surface area contributed by atoms with Gasteiger partial charge in [0, 0.05) is 24.6 Å². The summed E-state index contributed by atoms with van der Waals surface area (Å²) in [4.78, 5) is 20.6. The number of amides is 1. The Hall–Kier alpha value is -2.82. The maximum absolute atomic E-state index is 13.7. The molecule has 0 saturated heterocycles. The number of hydrogen-bond acceptors (Lipinski definition) is 5. The van der Waals surface area contributed by atoms with Crippen molar-refractivity contribution in [1.82, 2.24) is 14.9 Å². The van der Waals surface area contributed by atoms with Gasteiger partial charge in [-0.15, -0.1) is 0 Å². The van der Waals surface area contributed by atoms with Crippen LogP contribution in [0.25, 0.3) is 0 Å². The highest BCUT2D eigenvalue weighted by atomic mass is 19.4. The third kappa shape index (κ3) is 4.78. The fourth-order valence-corrected chi connectivity index (χ4v) is 3.21. The normalized spacial score (nSPS) is 15.2. The van der Waals surface area contributed by atoms with E-state index in [-0.39, 0.29) is 49.4 Å². The van der Waals surface area contributed by atoms with E-state index in [9.17, 15) is 26.7 Å². The molecule has 3 rings (SSSR count). The Kier molecular flexibility index (Phi) is 5.69. The van der Waals surface area contributed by atoms with Gasteiger partial charge in [-0.2, -0.15) is 13.2 Å². The van der Waals surface area contributed by atoms with E-state index in [1.807, 2.05) is 0 Å². The van der Waals surface area contributed by atoms with E-state index in [1.165, 1.54) is 4.90 Å². The van der Waals surface area contributed by atoms with Crippen molar-refractivity contribution < 1.29 is 26.7 Å². The number of benzene rings is 1. The Morgan fingerprint density at radius 3 is 2.66 bits per heavy atom. The number of carbonyl (C=O) groups excluding carboxylic acids is 1. The molecule has 0 bridgehead atoms. The molecule has 4 N–H and O–H groups in total. The summed E-state index contributed by atoms with van der Waals surface area (Å²) in [5, 5.41) is 0. The number of rotatable bonds is 4. The molecule has 0 spiro atoms. The van der Waals surface area contributed by atoms with Crippen LogP contribution < -0.4 is 11.5 Å². The summed E-state index contributed by atoms with van der Waals surface area (Å²) < 4.78 is 65.7. The van der Waals surface area contributed by atoms with E-state index in [1.54, 1.807) is 0 Å². The Labute approximate surface area is 162 Å². The van der Waals surface area contributed by atoms with Gasteiger partial charge in [-0.3, -0.25) is 4.79 Å². The first-order chi connectivity index (χ1) is 13.5. The SMILES string of the molecule is Nc1nc(C(F)(F)F)nc2c1CCN(C(=O)CC(N)Cc1cc(F)ccc1F)C2.